The second-order valence-corrected chi connectivity index (χ2v) is 6.51. The number of rotatable bonds is 0. The van der Waals surface area contributed by atoms with Crippen molar-refractivity contribution < 1.29 is 9.47 Å². The highest BCUT2D eigenvalue weighted by atomic mass is 79.9. The molecule has 2 saturated carbocycles. The van der Waals surface area contributed by atoms with E-state index in [9.17, 15) is 0 Å². The van der Waals surface area contributed by atoms with Crippen LogP contribution in [-0.2, 0) is 9.47 Å². The Labute approximate surface area is 112 Å². The van der Waals surface area contributed by atoms with Crippen molar-refractivity contribution in [2.24, 2.45) is 11.3 Å². The molecule has 0 aromatic heterocycles. The van der Waals surface area contributed by atoms with Gasteiger partial charge in [0.25, 0.3) is 0 Å². The highest BCUT2D eigenvalue weighted by Gasteiger charge is 2.51. The van der Waals surface area contributed by atoms with E-state index in [1.54, 1.807) is 5.57 Å². The monoisotopic (exact) mass is 300 g/mol. The lowest BCUT2D eigenvalue weighted by Gasteiger charge is -2.51. The average molecular weight is 301 g/mol. The summed E-state index contributed by atoms with van der Waals surface area (Å²) in [4.78, 5) is 2.16. The minimum absolute atomic E-state index is 0.247. The van der Waals surface area contributed by atoms with Crippen LogP contribution in [0.3, 0.4) is 0 Å². The van der Waals surface area contributed by atoms with Crippen LogP contribution in [-0.4, -0.2) is 19.0 Å². The zero-order chi connectivity index (χ0) is 11.9. The maximum absolute atomic E-state index is 5.90. The molecule has 1 heterocycles. The molecular weight excluding hydrogens is 280 g/mol. The van der Waals surface area contributed by atoms with Crippen molar-refractivity contribution >= 4 is 15.9 Å². The SMILES string of the molecule is C[C@]12CCCC(=CBr)[C@@H]1CC1(CC2)OCCO1. The summed E-state index contributed by atoms with van der Waals surface area (Å²) in [6.45, 7) is 4.00. The lowest BCUT2D eigenvalue weighted by molar-refractivity contribution is -0.204. The van der Waals surface area contributed by atoms with Gasteiger partial charge in [-0.3, -0.25) is 0 Å². The molecule has 96 valence electrons. The van der Waals surface area contributed by atoms with Crippen molar-refractivity contribution in [2.75, 3.05) is 13.2 Å². The van der Waals surface area contributed by atoms with Crippen LogP contribution in [0.15, 0.2) is 10.6 Å². The third kappa shape index (κ3) is 2.00. The molecule has 1 aliphatic heterocycles. The molecule has 3 aliphatic rings. The first-order valence-electron chi connectivity index (χ1n) is 6.75. The standard InChI is InChI=1S/C14H21BrO2/c1-13-4-2-3-11(10-15)12(13)9-14(6-5-13)16-7-8-17-14/h10,12H,2-9H2,1H3/t12-,13+/m0/s1. The Morgan fingerprint density at radius 1 is 1.24 bits per heavy atom. The van der Waals surface area contributed by atoms with Crippen molar-refractivity contribution in [3.63, 3.8) is 0 Å². The lowest BCUT2D eigenvalue weighted by atomic mass is 9.58. The van der Waals surface area contributed by atoms with E-state index in [1.807, 2.05) is 0 Å². The largest absolute Gasteiger partial charge is 0.348 e. The fraction of sp³-hybridized carbons (Fsp3) is 0.857. The fourth-order valence-corrected chi connectivity index (χ4v) is 4.50. The Kier molecular flexibility index (Phi) is 3.12. The number of hydrogen-bond acceptors (Lipinski definition) is 2. The highest BCUT2D eigenvalue weighted by Crippen LogP contribution is 2.56. The predicted octanol–water partition coefficient (Wildman–Crippen LogP) is 4.00. The molecule has 3 heteroatoms. The van der Waals surface area contributed by atoms with Crippen LogP contribution >= 0.6 is 15.9 Å². The van der Waals surface area contributed by atoms with Gasteiger partial charge in [-0.2, -0.15) is 0 Å². The van der Waals surface area contributed by atoms with Crippen LogP contribution in [0.25, 0.3) is 0 Å². The molecule has 0 N–H and O–H groups in total. The maximum Gasteiger partial charge on any atom is 0.169 e. The summed E-state index contributed by atoms with van der Waals surface area (Å²) < 4.78 is 11.8. The first-order valence-corrected chi connectivity index (χ1v) is 7.66. The quantitative estimate of drug-likeness (QED) is 0.673. The molecule has 1 spiro atoms. The molecule has 3 fully saturated rings. The Hall–Kier alpha value is 0.140. The normalized spacial score (nSPS) is 42.9. The average Bonchev–Trinajstić information content (AvgIpc) is 2.78. The van der Waals surface area contributed by atoms with E-state index in [0.29, 0.717) is 11.3 Å². The number of allylic oxidation sites excluding steroid dienone is 1. The molecule has 0 bridgehead atoms. The smallest absolute Gasteiger partial charge is 0.169 e. The molecule has 0 unspecified atom stereocenters. The summed E-state index contributed by atoms with van der Waals surface area (Å²) >= 11 is 3.55. The van der Waals surface area contributed by atoms with Gasteiger partial charge in [0.05, 0.1) is 13.2 Å². The minimum atomic E-state index is -0.247. The van der Waals surface area contributed by atoms with Gasteiger partial charge in [-0.15, -0.1) is 0 Å². The lowest BCUT2D eigenvalue weighted by Crippen LogP contribution is -2.47. The van der Waals surface area contributed by atoms with E-state index in [2.05, 4.69) is 27.8 Å². The summed E-state index contributed by atoms with van der Waals surface area (Å²) in [5, 5.41) is 0. The number of fused-ring (bicyclic) bond motifs is 1. The molecular formula is C14H21BrO2. The van der Waals surface area contributed by atoms with Gasteiger partial charge in [0.1, 0.15) is 0 Å². The van der Waals surface area contributed by atoms with Crippen LogP contribution in [0.5, 0.6) is 0 Å². The summed E-state index contributed by atoms with van der Waals surface area (Å²) in [5.74, 6) is 0.394. The van der Waals surface area contributed by atoms with Gasteiger partial charge in [-0.05, 0) is 42.0 Å². The van der Waals surface area contributed by atoms with Crippen molar-refractivity contribution in [2.45, 2.75) is 51.2 Å². The van der Waals surface area contributed by atoms with Gasteiger partial charge < -0.3 is 9.47 Å². The highest BCUT2D eigenvalue weighted by molar-refractivity contribution is 9.11. The van der Waals surface area contributed by atoms with Gasteiger partial charge in [-0.25, -0.2) is 0 Å². The topological polar surface area (TPSA) is 18.5 Å². The van der Waals surface area contributed by atoms with Gasteiger partial charge in [0, 0.05) is 12.8 Å². The van der Waals surface area contributed by atoms with Crippen molar-refractivity contribution in [1.82, 2.24) is 0 Å². The van der Waals surface area contributed by atoms with Gasteiger partial charge >= 0.3 is 0 Å². The molecule has 0 amide bonds. The van der Waals surface area contributed by atoms with Gasteiger partial charge in [-0.1, -0.05) is 28.4 Å². The van der Waals surface area contributed by atoms with Crippen LogP contribution in [0.4, 0.5) is 0 Å². The van der Waals surface area contributed by atoms with Crippen LogP contribution in [0.2, 0.25) is 0 Å². The zero-order valence-corrected chi connectivity index (χ0v) is 12.1. The van der Waals surface area contributed by atoms with E-state index in [0.717, 1.165) is 26.1 Å². The predicted molar refractivity (Wildman–Crippen MR) is 70.9 cm³/mol. The van der Waals surface area contributed by atoms with Crippen LogP contribution in [0.1, 0.15) is 45.4 Å². The number of ether oxygens (including phenoxy) is 2. The summed E-state index contributed by atoms with van der Waals surface area (Å²) in [5.41, 5.74) is 2.04. The Bertz CT molecular complexity index is 333. The minimum Gasteiger partial charge on any atom is -0.348 e. The summed E-state index contributed by atoms with van der Waals surface area (Å²) in [6, 6.07) is 0. The van der Waals surface area contributed by atoms with Crippen molar-refractivity contribution in [1.29, 1.82) is 0 Å². The Balaban J connectivity index is 1.86. The Morgan fingerprint density at radius 2 is 2.00 bits per heavy atom. The van der Waals surface area contributed by atoms with E-state index in [4.69, 9.17) is 9.47 Å². The van der Waals surface area contributed by atoms with Crippen molar-refractivity contribution in [3.05, 3.63) is 10.6 Å². The van der Waals surface area contributed by atoms with Gasteiger partial charge in [0.15, 0.2) is 5.79 Å². The second-order valence-electron chi connectivity index (χ2n) is 6.06. The Morgan fingerprint density at radius 3 is 2.71 bits per heavy atom. The summed E-state index contributed by atoms with van der Waals surface area (Å²) in [6.07, 6.45) is 7.30. The molecule has 17 heavy (non-hydrogen) atoms. The summed E-state index contributed by atoms with van der Waals surface area (Å²) in [7, 11) is 0. The molecule has 3 rings (SSSR count). The third-order valence-corrected chi connectivity index (χ3v) is 5.64. The second kappa shape index (κ2) is 4.36. The zero-order valence-electron chi connectivity index (χ0n) is 10.5. The van der Waals surface area contributed by atoms with E-state index in [-0.39, 0.29) is 5.79 Å². The first-order chi connectivity index (χ1) is 8.18. The fourth-order valence-electron chi connectivity index (χ4n) is 3.95. The van der Waals surface area contributed by atoms with Gasteiger partial charge in [0.2, 0.25) is 0 Å². The molecule has 0 radical (unpaired) electrons. The molecule has 0 aromatic carbocycles. The molecule has 0 aromatic rings. The molecule has 1 saturated heterocycles. The molecule has 2 atom stereocenters. The van der Waals surface area contributed by atoms with Crippen LogP contribution < -0.4 is 0 Å². The third-order valence-electron chi connectivity index (χ3n) is 5.05. The molecule has 2 nitrogen and oxygen atoms in total. The first kappa shape index (κ1) is 12.2. The van der Waals surface area contributed by atoms with E-state index >= 15 is 0 Å². The van der Waals surface area contributed by atoms with Crippen molar-refractivity contribution in [3.8, 4) is 0 Å². The van der Waals surface area contributed by atoms with E-state index in [1.165, 1.54) is 25.7 Å². The number of halogens is 1. The maximum atomic E-state index is 5.90. The van der Waals surface area contributed by atoms with E-state index < -0.39 is 0 Å². The number of hydrogen-bond donors (Lipinski definition) is 0. The molecule has 2 aliphatic carbocycles. The van der Waals surface area contributed by atoms with Crippen LogP contribution in [0, 0.1) is 11.3 Å².